The molecule has 5 heteroatoms. The van der Waals surface area contributed by atoms with Crippen molar-refractivity contribution in [3.63, 3.8) is 0 Å². The van der Waals surface area contributed by atoms with E-state index in [-0.39, 0.29) is 12.2 Å². The smallest absolute Gasteiger partial charge is 0.223 e. The Morgan fingerprint density at radius 1 is 1.22 bits per heavy atom. The fourth-order valence-electron chi connectivity index (χ4n) is 2.79. The maximum Gasteiger partial charge on any atom is 0.223 e. The summed E-state index contributed by atoms with van der Waals surface area (Å²) in [5.41, 5.74) is 0. The predicted octanol–water partition coefficient (Wildman–Crippen LogP) is -0.0825. The largest absolute Gasteiger partial charge is 0.373 e. The van der Waals surface area contributed by atoms with Crippen LogP contribution in [0.5, 0.6) is 0 Å². The Morgan fingerprint density at radius 2 is 1.83 bits per heavy atom. The molecule has 0 radical (unpaired) electrons. The van der Waals surface area contributed by atoms with Gasteiger partial charge in [-0.3, -0.25) is 9.69 Å². The molecule has 2 aliphatic rings. The number of nitrogens with zero attached hydrogens (tertiary/aromatic N) is 2. The van der Waals surface area contributed by atoms with Gasteiger partial charge in [-0.1, -0.05) is 0 Å². The molecule has 0 spiro atoms. The summed E-state index contributed by atoms with van der Waals surface area (Å²) < 4.78 is 5.69. The van der Waals surface area contributed by atoms with Gasteiger partial charge >= 0.3 is 0 Å². The summed E-state index contributed by atoms with van der Waals surface area (Å²) in [4.78, 5) is 16.4. The van der Waals surface area contributed by atoms with Gasteiger partial charge < -0.3 is 15.0 Å². The van der Waals surface area contributed by atoms with Crippen molar-refractivity contribution in [2.75, 3.05) is 45.8 Å². The molecule has 5 nitrogen and oxygen atoms in total. The average molecular weight is 255 g/mol. The van der Waals surface area contributed by atoms with Crippen molar-refractivity contribution >= 4 is 5.91 Å². The Hall–Kier alpha value is -0.650. The van der Waals surface area contributed by atoms with Crippen molar-refractivity contribution in [2.24, 2.45) is 0 Å². The number of hydrogen-bond acceptors (Lipinski definition) is 4. The van der Waals surface area contributed by atoms with Crippen molar-refractivity contribution < 1.29 is 9.53 Å². The lowest BCUT2D eigenvalue weighted by atomic mass is 10.2. The van der Waals surface area contributed by atoms with Crippen LogP contribution in [0.4, 0.5) is 0 Å². The Bertz CT molecular complexity index is 269. The number of piperazine rings is 1. The van der Waals surface area contributed by atoms with Gasteiger partial charge in [-0.15, -0.1) is 0 Å². The highest BCUT2D eigenvalue weighted by atomic mass is 16.5. The number of rotatable bonds is 3. The zero-order valence-corrected chi connectivity index (χ0v) is 11.5. The Kier molecular flexibility index (Phi) is 4.97. The molecule has 1 amide bonds. The fraction of sp³-hybridized carbons (Fsp3) is 0.923. The zero-order chi connectivity index (χ0) is 13.0. The first kappa shape index (κ1) is 13.8. The molecule has 0 aromatic heterocycles. The van der Waals surface area contributed by atoms with Gasteiger partial charge in [-0.2, -0.15) is 0 Å². The molecule has 0 saturated carbocycles. The lowest BCUT2D eigenvalue weighted by molar-refractivity contribution is -0.133. The van der Waals surface area contributed by atoms with Crippen LogP contribution in [0.1, 0.15) is 20.3 Å². The molecule has 104 valence electrons. The molecule has 18 heavy (non-hydrogen) atoms. The normalized spacial score (nSPS) is 30.4. The quantitative estimate of drug-likeness (QED) is 0.766. The van der Waals surface area contributed by atoms with E-state index in [4.69, 9.17) is 4.74 Å². The van der Waals surface area contributed by atoms with Gasteiger partial charge in [-0.25, -0.2) is 0 Å². The number of morpholine rings is 1. The topological polar surface area (TPSA) is 44.8 Å². The van der Waals surface area contributed by atoms with Crippen LogP contribution >= 0.6 is 0 Å². The van der Waals surface area contributed by atoms with E-state index in [9.17, 15) is 4.79 Å². The molecule has 0 aromatic rings. The summed E-state index contributed by atoms with van der Waals surface area (Å²) in [5.74, 6) is 0.295. The maximum absolute atomic E-state index is 12.0. The van der Waals surface area contributed by atoms with Gasteiger partial charge in [0, 0.05) is 52.2 Å². The molecule has 0 unspecified atom stereocenters. The first-order valence-corrected chi connectivity index (χ1v) is 7.01. The van der Waals surface area contributed by atoms with Crippen LogP contribution in [0, 0.1) is 0 Å². The number of carbonyl (C=O) groups is 1. The van der Waals surface area contributed by atoms with Gasteiger partial charge in [0.25, 0.3) is 0 Å². The first-order chi connectivity index (χ1) is 8.65. The SMILES string of the molecule is C[C@@H]1CN(CCC(=O)N2CCNCC2)C[C@H](C)O1. The van der Waals surface area contributed by atoms with E-state index in [1.807, 2.05) is 4.90 Å². The standard InChI is InChI=1S/C13H25N3O2/c1-11-9-15(10-12(2)18-11)6-3-13(17)16-7-4-14-5-8-16/h11-12,14H,3-10H2,1-2H3/t11-,12+. The highest BCUT2D eigenvalue weighted by Gasteiger charge is 2.23. The third kappa shape index (κ3) is 3.93. The third-order valence-corrected chi connectivity index (χ3v) is 3.61. The van der Waals surface area contributed by atoms with Crippen LogP contribution in [0.25, 0.3) is 0 Å². The second-order valence-electron chi connectivity index (χ2n) is 5.40. The van der Waals surface area contributed by atoms with E-state index in [1.54, 1.807) is 0 Å². The number of amides is 1. The Balaban J connectivity index is 1.71. The lowest BCUT2D eigenvalue weighted by Crippen LogP contribution is -2.49. The van der Waals surface area contributed by atoms with E-state index in [0.717, 1.165) is 45.8 Å². The summed E-state index contributed by atoms with van der Waals surface area (Å²) in [6.07, 6.45) is 1.20. The molecule has 0 bridgehead atoms. The fourth-order valence-corrected chi connectivity index (χ4v) is 2.79. The highest BCUT2D eigenvalue weighted by Crippen LogP contribution is 2.11. The average Bonchev–Trinajstić information content (AvgIpc) is 2.36. The number of nitrogens with one attached hydrogen (secondary N) is 1. The molecular weight excluding hydrogens is 230 g/mol. The van der Waals surface area contributed by atoms with Crippen LogP contribution in [0.15, 0.2) is 0 Å². The summed E-state index contributed by atoms with van der Waals surface area (Å²) in [5, 5.41) is 3.27. The number of hydrogen-bond donors (Lipinski definition) is 1. The summed E-state index contributed by atoms with van der Waals surface area (Å²) in [6.45, 7) is 10.5. The molecule has 2 atom stereocenters. The monoisotopic (exact) mass is 255 g/mol. The van der Waals surface area contributed by atoms with E-state index in [1.165, 1.54) is 0 Å². The third-order valence-electron chi connectivity index (χ3n) is 3.61. The number of ether oxygens (including phenoxy) is 1. The molecule has 2 aliphatic heterocycles. The van der Waals surface area contributed by atoms with Crippen molar-refractivity contribution in [3.05, 3.63) is 0 Å². The van der Waals surface area contributed by atoms with Crippen LogP contribution in [-0.2, 0) is 9.53 Å². The lowest BCUT2D eigenvalue weighted by Gasteiger charge is -2.35. The van der Waals surface area contributed by atoms with E-state index in [2.05, 4.69) is 24.1 Å². The van der Waals surface area contributed by atoms with Crippen molar-refractivity contribution in [3.8, 4) is 0 Å². The van der Waals surface area contributed by atoms with E-state index >= 15 is 0 Å². The second-order valence-corrected chi connectivity index (χ2v) is 5.40. The predicted molar refractivity (Wildman–Crippen MR) is 70.5 cm³/mol. The molecule has 2 heterocycles. The molecule has 2 saturated heterocycles. The summed E-state index contributed by atoms with van der Waals surface area (Å²) in [7, 11) is 0. The van der Waals surface area contributed by atoms with Gasteiger partial charge in [0.05, 0.1) is 12.2 Å². The minimum absolute atomic E-state index is 0.281. The zero-order valence-electron chi connectivity index (χ0n) is 11.5. The molecule has 2 fully saturated rings. The minimum atomic E-state index is 0.281. The van der Waals surface area contributed by atoms with Gasteiger partial charge in [0.1, 0.15) is 0 Å². The van der Waals surface area contributed by atoms with Crippen LogP contribution < -0.4 is 5.32 Å². The van der Waals surface area contributed by atoms with Crippen molar-refractivity contribution in [2.45, 2.75) is 32.5 Å². The van der Waals surface area contributed by atoms with Crippen LogP contribution in [0.2, 0.25) is 0 Å². The van der Waals surface area contributed by atoms with Crippen LogP contribution in [-0.4, -0.2) is 73.7 Å². The van der Waals surface area contributed by atoms with E-state index in [0.29, 0.717) is 12.3 Å². The molecule has 0 aliphatic carbocycles. The van der Waals surface area contributed by atoms with Gasteiger partial charge in [0.15, 0.2) is 0 Å². The molecule has 1 N–H and O–H groups in total. The first-order valence-electron chi connectivity index (χ1n) is 7.01. The molecular formula is C13H25N3O2. The van der Waals surface area contributed by atoms with E-state index < -0.39 is 0 Å². The summed E-state index contributed by atoms with van der Waals surface area (Å²) in [6, 6.07) is 0. The second kappa shape index (κ2) is 6.50. The molecule has 2 rings (SSSR count). The Morgan fingerprint density at radius 3 is 2.44 bits per heavy atom. The highest BCUT2D eigenvalue weighted by molar-refractivity contribution is 5.76. The van der Waals surface area contributed by atoms with Gasteiger partial charge in [-0.05, 0) is 13.8 Å². The minimum Gasteiger partial charge on any atom is -0.373 e. The summed E-state index contributed by atoms with van der Waals surface area (Å²) >= 11 is 0. The van der Waals surface area contributed by atoms with Crippen molar-refractivity contribution in [1.82, 2.24) is 15.1 Å². The number of carbonyl (C=O) groups excluding carboxylic acids is 1. The van der Waals surface area contributed by atoms with Gasteiger partial charge in [0.2, 0.25) is 5.91 Å². The maximum atomic E-state index is 12.0. The molecule has 0 aromatic carbocycles. The Labute approximate surface area is 109 Å². The van der Waals surface area contributed by atoms with Crippen molar-refractivity contribution in [1.29, 1.82) is 0 Å². The van der Waals surface area contributed by atoms with Crippen LogP contribution in [0.3, 0.4) is 0 Å².